The molecule has 1 unspecified atom stereocenters. The van der Waals surface area contributed by atoms with Crippen molar-refractivity contribution < 1.29 is 19.4 Å². The number of carbonyl (C=O) groups is 2. The predicted octanol–water partition coefficient (Wildman–Crippen LogP) is 0.162. The summed E-state index contributed by atoms with van der Waals surface area (Å²) in [4.78, 5) is 24.2. The van der Waals surface area contributed by atoms with Crippen LogP contribution in [0.25, 0.3) is 5.57 Å². The number of hydrogen-bond donors (Lipinski definition) is 2. The quantitative estimate of drug-likeness (QED) is 0.766. The lowest BCUT2D eigenvalue weighted by Crippen LogP contribution is -2.39. The van der Waals surface area contributed by atoms with Gasteiger partial charge >= 0.3 is 0 Å². The van der Waals surface area contributed by atoms with Crippen molar-refractivity contribution in [3.8, 4) is 5.75 Å². The molecule has 0 saturated heterocycles. The Hall–Kier alpha value is -2.34. The Morgan fingerprint density at radius 2 is 2.30 bits per heavy atom. The molecule has 0 bridgehead atoms. The molecule has 1 aromatic rings. The summed E-state index contributed by atoms with van der Waals surface area (Å²) in [6.07, 6.45) is 1.09. The van der Waals surface area contributed by atoms with Crippen LogP contribution in [-0.2, 0) is 9.59 Å². The molecular weight excluding hydrogens is 260 g/mol. The molecule has 0 aliphatic carbocycles. The van der Waals surface area contributed by atoms with Crippen molar-refractivity contribution in [2.24, 2.45) is 0 Å². The lowest BCUT2D eigenvalue weighted by molar-refractivity contribution is -0.115. The third kappa shape index (κ3) is 2.37. The number of hydrogen-bond acceptors (Lipinski definition) is 5. The summed E-state index contributed by atoms with van der Waals surface area (Å²) in [5.74, 6) is 0.297. The minimum absolute atomic E-state index is 0.0266. The molecule has 2 rings (SSSR count). The fourth-order valence-corrected chi connectivity index (χ4v) is 2.19. The number of nitrogens with zero attached hydrogens (tertiary/aromatic N) is 1. The van der Waals surface area contributed by atoms with Crippen molar-refractivity contribution in [2.75, 3.05) is 25.6 Å². The average Bonchev–Trinajstić information content (AvgIpc) is 2.48. The predicted molar refractivity (Wildman–Crippen MR) is 74.5 cm³/mol. The summed E-state index contributed by atoms with van der Waals surface area (Å²) >= 11 is 0. The van der Waals surface area contributed by atoms with Gasteiger partial charge in [-0.15, -0.1) is 0 Å². The number of methoxy groups -OCH3 is 1. The molecule has 0 radical (unpaired) electrons. The fraction of sp³-hybridized carbons (Fsp3) is 0.286. The second-order valence-electron chi connectivity index (χ2n) is 4.28. The first kappa shape index (κ1) is 14.1. The van der Waals surface area contributed by atoms with E-state index in [-0.39, 0.29) is 12.5 Å². The molecule has 6 heteroatoms. The molecule has 1 atom stereocenters. The molecule has 20 heavy (non-hydrogen) atoms. The summed E-state index contributed by atoms with van der Waals surface area (Å²) in [6, 6.07) is 5.16. The van der Waals surface area contributed by atoms with Gasteiger partial charge in [-0.3, -0.25) is 4.79 Å². The summed E-state index contributed by atoms with van der Waals surface area (Å²) in [6.45, 7) is 0.0266. The minimum atomic E-state index is -1.04. The highest BCUT2D eigenvalue weighted by Crippen LogP contribution is 2.36. The zero-order valence-electron chi connectivity index (χ0n) is 11.3. The Kier molecular flexibility index (Phi) is 4.05. The number of benzene rings is 1. The molecule has 0 spiro atoms. The summed E-state index contributed by atoms with van der Waals surface area (Å²) < 4.78 is 5.15. The number of ether oxygens (including phenoxy) is 1. The van der Waals surface area contributed by atoms with Gasteiger partial charge in [0.15, 0.2) is 0 Å². The van der Waals surface area contributed by atoms with Crippen molar-refractivity contribution in [1.82, 2.24) is 5.32 Å². The van der Waals surface area contributed by atoms with Gasteiger partial charge in [0.1, 0.15) is 18.3 Å². The Balaban J connectivity index is 2.56. The number of carbonyl (C=O) groups excluding carboxylic acids is 2. The molecule has 1 aromatic carbocycles. The maximum absolute atomic E-state index is 11.9. The number of likely N-dealkylation sites (N-methyl/N-ethyl adjacent to an activating group) is 1. The van der Waals surface area contributed by atoms with Crippen molar-refractivity contribution in [3.05, 3.63) is 29.8 Å². The van der Waals surface area contributed by atoms with E-state index in [2.05, 4.69) is 5.32 Å². The van der Waals surface area contributed by atoms with E-state index in [1.807, 2.05) is 0 Å². The lowest BCUT2D eigenvalue weighted by atomic mass is 9.97. The lowest BCUT2D eigenvalue weighted by Gasteiger charge is -2.33. The monoisotopic (exact) mass is 276 g/mol. The second-order valence-corrected chi connectivity index (χ2v) is 4.28. The molecule has 6 nitrogen and oxygen atoms in total. The van der Waals surface area contributed by atoms with Gasteiger partial charge in [0.2, 0.25) is 0 Å². The summed E-state index contributed by atoms with van der Waals surface area (Å²) in [5, 5.41) is 12.6. The molecule has 0 aromatic heterocycles. The molecule has 0 fully saturated rings. The molecule has 1 aliphatic heterocycles. The molecule has 1 heterocycles. The van der Waals surface area contributed by atoms with Gasteiger partial charge < -0.3 is 24.9 Å². The SMILES string of the molecule is CNC(=O)C1=CC(O)N(CC=O)c2cc(OC)ccc21. The van der Waals surface area contributed by atoms with E-state index in [9.17, 15) is 14.7 Å². The van der Waals surface area contributed by atoms with Crippen LogP contribution < -0.4 is 15.0 Å². The summed E-state index contributed by atoms with van der Waals surface area (Å²) in [5.41, 5.74) is 1.61. The van der Waals surface area contributed by atoms with E-state index >= 15 is 0 Å². The number of rotatable bonds is 4. The van der Waals surface area contributed by atoms with Crippen LogP contribution in [0.3, 0.4) is 0 Å². The van der Waals surface area contributed by atoms with Gasteiger partial charge in [0.25, 0.3) is 5.91 Å². The number of aldehydes is 1. The number of aliphatic hydroxyl groups excluding tert-OH is 1. The standard InChI is InChI=1S/C14H16N2O4/c1-15-14(19)11-8-13(18)16(5-6-17)12-7-9(20-2)3-4-10(11)12/h3-4,6-8,13,18H,5H2,1-2H3,(H,15,19). The Bertz CT molecular complexity index is 568. The van der Waals surface area contributed by atoms with Crippen molar-refractivity contribution in [2.45, 2.75) is 6.23 Å². The number of fused-ring (bicyclic) bond motifs is 1. The third-order valence-electron chi connectivity index (χ3n) is 3.18. The van der Waals surface area contributed by atoms with Gasteiger partial charge in [-0.2, -0.15) is 0 Å². The third-order valence-corrected chi connectivity index (χ3v) is 3.18. The van der Waals surface area contributed by atoms with E-state index in [4.69, 9.17) is 4.74 Å². The van der Waals surface area contributed by atoms with Crippen LogP contribution in [0.4, 0.5) is 5.69 Å². The molecule has 1 amide bonds. The maximum atomic E-state index is 11.9. The van der Waals surface area contributed by atoms with E-state index < -0.39 is 6.23 Å². The first-order chi connectivity index (χ1) is 9.62. The van der Waals surface area contributed by atoms with Crippen LogP contribution in [0.15, 0.2) is 24.3 Å². The largest absolute Gasteiger partial charge is 0.497 e. The number of nitrogens with one attached hydrogen (secondary N) is 1. The smallest absolute Gasteiger partial charge is 0.251 e. The van der Waals surface area contributed by atoms with Gasteiger partial charge in [0, 0.05) is 24.3 Å². The molecule has 106 valence electrons. The van der Waals surface area contributed by atoms with E-state index in [0.29, 0.717) is 28.9 Å². The van der Waals surface area contributed by atoms with Crippen molar-refractivity contribution >= 4 is 23.5 Å². The Morgan fingerprint density at radius 3 is 2.90 bits per heavy atom. The zero-order chi connectivity index (χ0) is 14.7. The van der Waals surface area contributed by atoms with E-state index in [0.717, 1.165) is 0 Å². The average molecular weight is 276 g/mol. The van der Waals surface area contributed by atoms with Crippen LogP contribution in [-0.4, -0.2) is 44.2 Å². The Morgan fingerprint density at radius 1 is 1.55 bits per heavy atom. The van der Waals surface area contributed by atoms with Gasteiger partial charge in [-0.25, -0.2) is 0 Å². The van der Waals surface area contributed by atoms with Gasteiger partial charge in [-0.1, -0.05) is 0 Å². The van der Waals surface area contributed by atoms with Crippen molar-refractivity contribution in [1.29, 1.82) is 0 Å². The molecule has 2 N–H and O–H groups in total. The van der Waals surface area contributed by atoms with Gasteiger partial charge in [-0.05, 0) is 18.2 Å². The maximum Gasteiger partial charge on any atom is 0.251 e. The highest BCUT2D eigenvalue weighted by atomic mass is 16.5. The number of amides is 1. The topological polar surface area (TPSA) is 78.9 Å². The van der Waals surface area contributed by atoms with Crippen LogP contribution in [0, 0.1) is 0 Å². The van der Waals surface area contributed by atoms with Crippen molar-refractivity contribution in [3.63, 3.8) is 0 Å². The van der Waals surface area contributed by atoms with E-state index in [1.165, 1.54) is 25.1 Å². The van der Waals surface area contributed by atoms with E-state index in [1.54, 1.807) is 18.2 Å². The highest BCUT2D eigenvalue weighted by molar-refractivity contribution is 6.21. The molecule has 0 saturated carbocycles. The zero-order valence-corrected chi connectivity index (χ0v) is 11.3. The minimum Gasteiger partial charge on any atom is -0.497 e. The normalized spacial score (nSPS) is 17.1. The number of aliphatic hydroxyl groups is 1. The summed E-state index contributed by atoms with van der Waals surface area (Å²) in [7, 11) is 3.05. The Labute approximate surface area is 116 Å². The number of anilines is 1. The van der Waals surface area contributed by atoms with Crippen LogP contribution in [0.1, 0.15) is 5.56 Å². The van der Waals surface area contributed by atoms with Gasteiger partial charge in [0.05, 0.1) is 19.3 Å². The van der Waals surface area contributed by atoms with Crippen LogP contribution in [0.5, 0.6) is 5.75 Å². The molecule has 1 aliphatic rings. The van der Waals surface area contributed by atoms with Crippen LogP contribution >= 0.6 is 0 Å². The molecular formula is C14H16N2O4. The fourth-order valence-electron chi connectivity index (χ4n) is 2.19. The highest BCUT2D eigenvalue weighted by Gasteiger charge is 2.28. The first-order valence-electron chi connectivity index (χ1n) is 6.13. The van der Waals surface area contributed by atoms with Crippen LogP contribution in [0.2, 0.25) is 0 Å². The first-order valence-corrected chi connectivity index (χ1v) is 6.13. The second kappa shape index (κ2) is 5.75.